The van der Waals surface area contributed by atoms with Gasteiger partial charge in [-0.3, -0.25) is 9.59 Å². The maximum absolute atomic E-state index is 11.2. The number of nitrogens with one attached hydrogen (secondary N) is 2. The molecular weight excluding hydrogens is 264 g/mol. The van der Waals surface area contributed by atoms with Gasteiger partial charge in [0.05, 0.1) is 11.5 Å². The molecule has 1 atom stereocenters. The minimum Gasteiger partial charge on any atom is -0.480 e. The highest BCUT2D eigenvalue weighted by molar-refractivity contribution is 7.99. The van der Waals surface area contributed by atoms with Crippen molar-refractivity contribution in [2.45, 2.75) is 6.04 Å². The summed E-state index contributed by atoms with van der Waals surface area (Å²) in [5, 5.41) is 13.6. The van der Waals surface area contributed by atoms with Crippen LogP contribution in [0.4, 0.5) is 0 Å². The van der Waals surface area contributed by atoms with Gasteiger partial charge in [0, 0.05) is 6.54 Å². The van der Waals surface area contributed by atoms with Crippen LogP contribution in [0, 0.1) is 0 Å². The molecule has 0 radical (unpaired) electrons. The highest BCUT2D eigenvalue weighted by Crippen LogP contribution is 1.93. The smallest absolute Gasteiger partial charge is 0.328 e. The molecular formula is C9H16N2O4S2. The van der Waals surface area contributed by atoms with Crippen LogP contribution in [0.15, 0.2) is 0 Å². The van der Waals surface area contributed by atoms with E-state index in [2.05, 4.69) is 10.6 Å². The molecule has 0 aliphatic carbocycles. The van der Waals surface area contributed by atoms with E-state index < -0.39 is 12.0 Å². The van der Waals surface area contributed by atoms with Crippen molar-refractivity contribution in [1.29, 1.82) is 0 Å². The molecule has 98 valence electrons. The minimum atomic E-state index is -1.16. The zero-order valence-electron chi connectivity index (χ0n) is 9.69. The summed E-state index contributed by atoms with van der Waals surface area (Å²) < 4.78 is 0. The standard InChI is InChI=1S/C9H16N2O4S2/c1-16-4-7(12)10-3-6(9(14)15)11-8(13)5-17-2/h6H,3-5H2,1-2H3,(H,10,12)(H,11,13)(H,14,15). The first-order valence-electron chi connectivity index (χ1n) is 4.78. The van der Waals surface area contributed by atoms with Gasteiger partial charge in [-0.15, -0.1) is 0 Å². The molecule has 2 amide bonds. The average Bonchev–Trinajstić information content (AvgIpc) is 2.24. The first kappa shape index (κ1) is 16.1. The molecule has 0 aromatic carbocycles. The Morgan fingerprint density at radius 1 is 1.12 bits per heavy atom. The molecule has 0 aliphatic heterocycles. The summed E-state index contributed by atoms with van der Waals surface area (Å²) in [6.07, 6.45) is 3.52. The zero-order valence-corrected chi connectivity index (χ0v) is 11.3. The Morgan fingerprint density at radius 3 is 2.12 bits per heavy atom. The van der Waals surface area contributed by atoms with Gasteiger partial charge in [0.25, 0.3) is 0 Å². The number of carbonyl (C=O) groups is 3. The van der Waals surface area contributed by atoms with Crippen molar-refractivity contribution in [2.75, 3.05) is 30.6 Å². The lowest BCUT2D eigenvalue weighted by atomic mass is 10.3. The second-order valence-corrected chi connectivity index (χ2v) is 4.86. The number of carbonyl (C=O) groups excluding carboxylic acids is 2. The zero-order chi connectivity index (χ0) is 13.3. The summed E-state index contributed by atoms with van der Waals surface area (Å²) >= 11 is 2.64. The highest BCUT2D eigenvalue weighted by atomic mass is 32.2. The van der Waals surface area contributed by atoms with Crippen LogP contribution in [0.5, 0.6) is 0 Å². The maximum Gasteiger partial charge on any atom is 0.328 e. The first-order chi connectivity index (χ1) is 8.01. The minimum absolute atomic E-state index is 0.102. The van der Waals surface area contributed by atoms with Crippen LogP contribution in [-0.2, 0) is 14.4 Å². The average molecular weight is 280 g/mol. The molecule has 0 fully saturated rings. The van der Waals surface area contributed by atoms with E-state index in [4.69, 9.17) is 5.11 Å². The first-order valence-corrected chi connectivity index (χ1v) is 7.56. The number of carboxylic acids is 1. The van der Waals surface area contributed by atoms with Crippen LogP contribution in [0.2, 0.25) is 0 Å². The molecule has 0 rings (SSSR count). The quantitative estimate of drug-likeness (QED) is 0.549. The third-order valence-corrected chi connectivity index (χ3v) is 2.79. The maximum atomic E-state index is 11.2. The molecule has 0 aromatic heterocycles. The third kappa shape index (κ3) is 7.92. The number of aliphatic carboxylic acids is 1. The molecule has 0 saturated carbocycles. The highest BCUT2D eigenvalue weighted by Gasteiger charge is 2.20. The molecule has 0 aromatic rings. The third-order valence-electron chi connectivity index (χ3n) is 1.69. The van der Waals surface area contributed by atoms with Crippen LogP contribution < -0.4 is 10.6 Å². The van der Waals surface area contributed by atoms with Gasteiger partial charge in [-0.2, -0.15) is 23.5 Å². The SMILES string of the molecule is CSCC(=O)NCC(NC(=O)CSC)C(=O)O. The van der Waals surface area contributed by atoms with Crippen molar-refractivity contribution in [3.63, 3.8) is 0 Å². The number of hydrogen-bond donors (Lipinski definition) is 3. The fraction of sp³-hybridized carbons (Fsp3) is 0.667. The van der Waals surface area contributed by atoms with Crippen molar-refractivity contribution in [3.05, 3.63) is 0 Å². The van der Waals surface area contributed by atoms with Crippen molar-refractivity contribution in [1.82, 2.24) is 10.6 Å². The number of hydrogen-bond acceptors (Lipinski definition) is 5. The molecule has 0 bridgehead atoms. The van der Waals surface area contributed by atoms with Gasteiger partial charge in [0.15, 0.2) is 0 Å². The van der Waals surface area contributed by atoms with Gasteiger partial charge in [-0.25, -0.2) is 4.79 Å². The fourth-order valence-corrected chi connectivity index (χ4v) is 1.67. The second-order valence-electron chi connectivity index (χ2n) is 3.13. The Morgan fingerprint density at radius 2 is 1.65 bits per heavy atom. The summed E-state index contributed by atoms with van der Waals surface area (Å²) in [7, 11) is 0. The summed E-state index contributed by atoms with van der Waals surface area (Å²) in [5.41, 5.74) is 0. The lowest BCUT2D eigenvalue weighted by Crippen LogP contribution is -2.49. The van der Waals surface area contributed by atoms with Crippen LogP contribution in [-0.4, -0.2) is 59.5 Å². The lowest BCUT2D eigenvalue weighted by molar-refractivity contribution is -0.141. The Hall–Kier alpha value is -0.890. The summed E-state index contributed by atoms with van der Waals surface area (Å²) in [4.78, 5) is 33.2. The van der Waals surface area contributed by atoms with E-state index in [9.17, 15) is 14.4 Å². The number of carboxylic acid groups (broad SMARTS) is 1. The van der Waals surface area contributed by atoms with Gasteiger partial charge in [0.2, 0.25) is 11.8 Å². The van der Waals surface area contributed by atoms with E-state index in [1.807, 2.05) is 0 Å². The predicted molar refractivity (Wildman–Crippen MR) is 69.3 cm³/mol. The Balaban J connectivity index is 4.11. The van der Waals surface area contributed by atoms with E-state index >= 15 is 0 Å². The van der Waals surface area contributed by atoms with E-state index in [0.717, 1.165) is 0 Å². The molecule has 0 aliphatic rings. The van der Waals surface area contributed by atoms with Gasteiger partial charge >= 0.3 is 5.97 Å². The van der Waals surface area contributed by atoms with Crippen LogP contribution in [0.1, 0.15) is 0 Å². The van der Waals surface area contributed by atoms with Gasteiger partial charge in [0.1, 0.15) is 6.04 Å². The molecule has 8 heteroatoms. The molecule has 1 unspecified atom stereocenters. The predicted octanol–water partition coefficient (Wildman–Crippen LogP) is -0.602. The second kappa shape index (κ2) is 9.17. The number of amides is 2. The Bertz CT molecular complexity index is 286. The van der Waals surface area contributed by atoms with E-state index in [-0.39, 0.29) is 29.9 Å². The normalized spacial score (nSPS) is 11.6. The molecule has 0 saturated heterocycles. The van der Waals surface area contributed by atoms with Gasteiger partial charge in [-0.05, 0) is 12.5 Å². The van der Waals surface area contributed by atoms with Crippen molar-refractivity contribution < 1.29 is 19.5 Å². The summed E-state index contributed by atoms with van der Waals surface area (Å²) in [5.74, 6) is -1.30. The van der Waals surface area contributed by atoms with Crippen molar-refractivity contribution in [2.24, 2.45) is 0 Å². The fourth-order valence-electron chi connectivity index (χ4n) is 0.965. The van der Waals surface area contributed by atoms with E-state index in [0.29, 0.717) is 0 Å². The number of thioether (sulfide) groups is 2. The molecule has 3 N–H and O–H groups in total. The summed E-state index contributed by atoms with van der Waals surface area (Å²) in [6.45, 7) is -0.102. The number of rotatable bonds is 8. The molecule has 0 heterocycles. The van der Waals surface area contributed by atoms with Crippen molar-refractivity contribution >= 4 is 41.3 Å². The van der Waals surface area contributed by atoms with Gasteiger partial charge in [-0.1, -0.05) is 0 Å². The van der Waals surface area contributed by atoms with Crippen LogP contribution in [0.25, 0.3) is 0 Å². The Labute approximate surface area is 108 Å². The topological polar surface area (TPSA) is 95.5 Å². The van der Waals surface area contributed by atoms with Crippen LogP contribution in [0.3, 0.4) is 0 Å². The van der Waals surface area contributed by atoms with Crippen LogP contribution >= 0.6 is 23.5 Å². The molecule has 6 nitrogen and oxygen atoms in total. The Kier molecular flexibility index (Phi) is 8.69. The van der Waals surface area contributed by atoms with Crippen molar-refractivity contribution in [3.8, 4) is 0 Å². The molecule has 0 spiro atoms. The monoisotopic (exact) mass is 280 g/mol. The molecule has 17 heavy (non-hydrogen) atoms. The van der Waals surface area contributed by atoms with E-state index in [1.165, 1.54) is 23.5 Å². The largest absolute Gasteiger partial charge is 0.480 e. The van der Waals surface area contributed by atoms with Gasteiger partial charge < -0.3 is 15.7 Å². The van der Waals surface area contributed by atoms with E-state index in [1.54, 1.807) is 12.5 Å². The summed E-state index contributed by atoms with van der Waals surface area (Å²) in [6, 6.07) is -1.08. The lowest BCUT2D eigenvalue weighted by Gasteiger charge is -2.14.